The van der Waals surface area contributed by atoms with Gasteiger partial charge in [0.05, 0.1) is 10.3 Å². The van der Waals surface area contributed by atoms with Crippen molar-refractivity contribution in [3.63, 3.8) is 0 Å². The second-order valence-electron chi connectivity index (χ2n) is 5.08. The SMILES string of the molecule is Brc1cccc2cnccc12.O=[N+]([O-])c1ccc(Br)c2ccncc12. The third-order valence-electron chi connectivity index (χ3n) is 3.57. The molecule has 124 valence electrons. The maximum Gasteiger partial charge on any atom is 0.278 e. The predicted molar refractivity (Wildman–Crippen MR) is 106 cm³/mol. The summed E-state index contributed by atoms with van der Waals surface area (Å²) in [4.78, 5) is 18.2. The van der Waals surface area contributed by atoms with Crippen molar-refractivity contribution < 1.29 is 4.92 Å². The molecule has 0 unspecified atom stereocenters. The minimum Gasteiger partial charge on any atom is -0.264 e. The van der Waals surface area contributed by atoms with Gasteiger partial charge in [-0.15, -0.1) is 0 Å². The molecule has 2 heterocycles. The van der Waals surface area contributed by atoms with Crippen LogP contribution in [0.1, 0.15) is 0 Å². The Morgan fingerprint density at radius 1 is 0.800 bits per heavy atom. The normalized spacial score (nSPS) is 10.3. The van der Waals surface area contributed by atoms with Gasteiger partial charge in [0.25, 0.3) is 5.69 Å². The highest BCUT2D eigenvalue weighted by molar-refractivity contribution is 9.11. The molecule has 5 nitrogen and oxygen atoms in total. The molecule has 7 heteroatoms. The maximum absolute atomic E-state index is 10.7. The quantitative estimate of drug-likeness (QED) is 0.262. The third kappa shape index (κ3) is 3.83. The van der Waals surface area contributed by atoms with Gasteiger partial charge in [-0.3, -0.25) is 20.1 Å². The van der Waals surface area contributed by atoms with Gasteiger partial charge in [-0.1, -0.05) is 44.0 Å². The van der Waals surface area contributed by atoms with Crippen molar-refractivity contribution in [2.45, 2.75) is 0 Å². The van der Waals surface area contributed by atoms with Crippen LogP contribution < -0.4 is 0 Å². The molecule has 2 aromatic carbocycles. The van der Waals surface area contributed by atoms with Crippen LogP contribution in [0.25, 0.3) is 21.5 Å². The Morgan fingerprint density at radius 2 is 1.48 bits per heavy atom. The molecule has 0 aliphatic heterocycles. The van der Waals surface area contributed by atoms with Gasteiger partial charge in [0, 0.05) is 50.6 Å². The predicted octanol–water partition coefficient (Wildman–Crippen LogP) is 5.90. The number of nitro benzene ring substituents is 1. The number of fused-ring (bicyclic) bond motifs is 2. The molecule has 0 amide bonds. The number of pyridine rings is 2. The summed E-state index contributed by atoms with van der Waals surface area (Å²) in [7, 11) is 0. The van der Waals surface area contributed by atoms with Crippen LogP contribution in [0.4, 0.5) is 5.69 Å². The molecule has 0 saturated carbocycles. The molecule has 0 spiro atoms. The maximum atomic E-state index is 10.7. The van der Waals surface area contributed by atoms with E-state index in [1.807, 2.05) is 30.5 Å². The summed E-state index contributed by atoms with van der Waals surface area (Å²) in [5.74, 6) is 0. The molecule has 0 bridgehead atoms. The lowest BCUT2D eigenvalue weighted by Gasteiger charge is -2.00. The van der Waals surface area contributed by atoms with E-state index < -0.39 is 4.92 Å². The topological polar surface area (TPSA) is 68.9 Å². The van der Waals surface area contributed by atoms with Gasteiger partial charge in [0.1, 0.15) is 0 Å². The van der Waals surface area contributed by atoms with E-state index in [0.29, 0.717) is 5.39 Å². The van der Waals surface area contributed by atoms with E-state index in [2.05, 4.69) is 41.8 Å². The molecule has 0 saturated heterocycles. The van der Waals surface area contributed by atoms with E-state index in [-0.39, 0.29) is 5.69 Å². The Hall–Kier alpha value is -2.38. The molecule has 25 heavy (non-hydrogen) atoms. The van der Waals surface area contributed by atoms with Crippen molar-refractivity contribution >= 4 is 59.1 Å². The van der Waals surface area contributed by atoms with E-state index in [9.17, 15) is 10.1 Å². The van der Waals surface area contributed by atoms with Gasteiger partial charge in [0.15, 0.2) is 0 Å². The lowest BCUT2D eigenvalue weighted by Crippen LogP contribution is -1.90. The molecule has 4 aromatic rings. The van der Waals surface area contributed by atoms with E-state index >= 15 is 0 Å². The van der Waals surface area contributed by atoms with Gasteiger partial charge in [-0.25, -0.2) is 0 Å². The average molecular weight is 461 g/mol. The summed E-state index contributed by atoms with van der Waals surface area (Å²) >= 11 is 6.80. The minimum atomic E-state index is -0.406. The smallest absolute Gasteiger partial charge is 0.264 e. The molecule has 0 aliphatic rings. The van der Waals surface area contributed by atoms with E-state index in [4.69, 9.17) is 0 Å². The van der Waals surface area contributed by atoms with Crippen LogP contribution in [0.2, 0.25) is 0 Å². The van der Waals surface area contributed by atoms with Crippen LogP contribution in [-0.4, -0.2) is 14.9 Å². The first-order valence-corrected chi connectivity index (χ1v) is 8.81. The molecule has 0 aliphatic carbocycles. The monoisotopic (exact) mass is 459 g/mol. The van der Waals surface area contributed by atoms with Gasteiger partial charge >= 0.3 is 0 Å². The first kappa shape index (κ1) is 17.4. The molecular weight excluding hydrogens is 450 g/mol. The molecular formula is C18H11Br2N3O2. The number of non-ortho nitro benzene ring substituents is 1. The lowest BCUT2D eigenvalue weighted by molar-refractivity contribution is -0.383. The van der Waals surface area contributed by atoms with Crippen LogP contribution in [0.15, 0.2) is 76.2 Å². The van der Waals surface area contributed by atoms with Crippen LogP contribution in [0.3, 0.4) is 0 Å². The second-order valence-corrected chi connectivity index (χ2v) is 6.79. The van der Waals surface area contributed by atoms with E-state index in [1.54, 1.807) is 24.5 Å². The Kier molecular flexibility index (Phi) is 5.35. The molecule has 0 N–H and O–H groups in total. The van der Waals surface area contributed by atoms with E-state index in [1.165, 1.54) is 23.0 Å². The van der Waals surface area contributed by atoms with Gasteiger partial charge in [-0.2, -0.15) is 0 Å². The molecule has 0 atom stereocenters. The Labute approximate surface area is 160 Å². The first-order chi connectivity index (χ1) is 12.1. The van der Waals surface area contributed by atoms with Crippen LogP contribution >= 0.6 is 31.9 Å². The molecule has 0 fully saturated rings. The highest BCUT2D eigenvalue weighted by Gasteiger charge is 2.12. The van der Waals surface area contributed by atoms with Crippen LogP contribution in [-0.2, 0) is 0 Å². The number of nitro groups is 1. The van der Waals surface area contributed by atoms with Crippen LogP contribution in [0.5, 0.6) is 0 Å². The summed E-state index contributed by atoms with van der Waals surface area (Å²) in [6, 6.07) is 13.0. The number of hydrogen-bond acceptors (Lipinski definition) is 4. The van der Waals surface area contributed by atoms with Gasteiger partial charge in [0.2, 0.25) is 0 Å². The van der Waals surface area contributed by atoms with Crippen molar-refractivity contribution in [2.75, 3.05) is 0 Å². The minimum absolute atomic E-state index is 0.0799. The fourth-order valence-corrected chi connectivity index (χ4v) is 3.37. The van der Waals surface area contributed by atoms with Crippen molar-refractivity contribution in [1.82, 2.24) is 9.97 Å². The summed E-state index contributed by atoms with van der Waals surface area (Å²) in [6.45, 7) is 0. The lowest BCUT2D eigenvalue weighted by atomic mass is 10.1. The first-order valence-electron chi connectivity index (χ1n) is 7.23. The summed E-state index contributed by atoms with van der Waals surface area (Å²) < 4.78 is 1.96. The largest absolute Gasteiger partial charge is 0.278 e. The second kappa shape index (κ2) is 7.67. The third-order valence-corrected chi connectivity index (χ3v) is 4.95. The Balaban J connectivity index is 0.000000150. The zero-order valence-corrected chi connectivity index (χ0v) is 15.9. The van der Waals surface area contributed by atoms with Gasteiger partial charge < -0.3 is 0 Å². The van der Waals surface area contributed by atoms with Crippen LogP contribution in [0, 0.1) is 10.1 Å². The number of halogens is 2. The van der Waals surface area contributed by atoms with E-state index in [0.717, 1.165) is 14.3 Å². The summed E-state index contributed by atoms with van der Waals surface area (Å²) in [5.41, 5.74) is 0.0799. The van der Waals surface area contributed by atoms with Crippen molar-refractivity contribution in [3.05, 3.63) is 86.3 Å². The molecule has 4 rings (SSSR count). The zero-order chi connectivity index (χ0) is 17.8. The number of rotatable bonds is 1. The summed E-state index contributed by atoms with van der Waals surface area (Å²) in [5, 5.41) is 14.4. The van der Waals surface area contributed by atoms with Gasteiger partial charge in [-0.05, 0) is 29.7 Å². The number of benzene rings is 2. The zero-order valence-electron chi connectivity index (χ0n) is 12.8. The summed E-state index contributed by atoms with van der Waals surface area (Å²) in [6.07, 6.45) is 6.77. The fourth-order valence-electron chi connectivity index (χ4n) is 2.38. The van der Waals surface area contributed by atoms with Crippen molar-refractivity contribution in [2.24, 2.45) is 0 Å². The average Bonchev–Trinajstić information content (AvgIpc) is 2.63. The number of nitrogens with zero attached hydrogens (tertiary/aromatic N) is 3. The Bertz CT molecular complexity index is 1060. The Morgan fingerprint density at radius 3 is 2.20 bits per heavy atom. The molecule has 0 radical (unpaired) electrons. The van der Waals surface area contributed by atoms with Crippen molar-refractivity contribution in [3.8, 4) is 0 Å². The highest BCUT2D eigenvalue weighted by Crippen LogP contribution is 2.30. The van der Waals surface area contributed by atoms with Crippen molar-refractivity contribution in [1.29, 1.82) is 0 Å². The number of hydrogen-bond donors (Lipinski definition) is 0. The highest BCUT2D eigenvalue weighted by atomic mass is 79.9. The number of aromatic nitrogens is 2. The standard InChI is InChI=1S/C9H5BrN2O2.C9H6BrN/c10-8-1-2-9(12(13)14)7-5-11-4-3-6(7)8;10-9-3-1-2-7-6-11-5-4-8(7)9/h1-5H;1-6H. The molecule has 2 aromatic heterocycles. The fraction of sp³-hybridized carbons (Fsp3) is 0.